The number of nitrogens with two attached hydrogens (primary N) is 2. The first kappa shape index (κ1) is 29.8. The van der Waals surface area contributed by atoms with Crippen molar-refractivity contribution in [1.29, 1.82) is 0 Å². The van der Waals surface area contributed by atoms with Gasteiger partial charge in [-0.1, -0.05) is 51.7 Å². The van der Waals surface area contributed by atoms with E-state index >= 15 is 0 Å². The van der Waals surface area contributed by atoms with Crippen LogP contribution in [-0.2, 0) is 0 Å². The van der Waals surface area contributed by atoms with Crippen molar-refractivity contribution in [3.05, 3.63) is 59.7 Å². The van der Waals surface area contributed by atoms with E-state index in [1.165, 1.54) is 12.1 Å². The molecule has 4 bridgehead atoms. The van der Waals surface area contributed by atoms with Gasteiger partial charge in [-0.05, 0) is 100 Å². The third-order valence-corrected chi connectivity index (χ3v) is 8.59. The molecule has 4 saturated carbocycles. The maximum atomic E-state index is 13.0. The van der Waals surface area contributed by atoms with Crippen molar-refractivity contribution in [1.82, 2.24) is 9.97 Å². The molecule has 4 N–H and O–H groups in total. The Labute approximate surface area is 227 Å². The van der Waals surface area contributed by atoms with Crippen LogP contribution in [-0.4, -0.2) is 21.0 Å². The Morgan fingerprint density at radius 1 is 0.605 bits per heavy atom. The Bertz CT molecular complexity index is 1160. The van der Waals surface area contributed by atoms with Gasteiger partial charge in [0.25, 0.3) is 0 Å². The summed E-state index contributed by atoms with van der Waals surface area (Å²) in [5.41, 5.74) is 13.8. The molecule has 0 aliphatic heterocycles. The van der Waals surface area contributed by atoms with E-state index in [-0.39, 0.29) is 36.8 Å². The molecule has 0 amide bonds. The monoisotopic (exact) mass is 520 g/mol. The van der Waals surface area contributed by atoms with E-state index in [1.54, 1.807) is 24.3 Å². The lowest BCUT2D eigenvalue weighted by atomic mass is 9.74. The van der Waals surface area contributed by atoms with E-state index in [4.69, 9.17) is 11.5 Å². The van der Waals surface area contributed by atoms with Crippen LogP contribution in [0.4, 0.5) is 8.78 Å². The standard InChI is InChI=1S/2C15H17FN2.2CH4/c2*16-13-4-1-3-12(18-13)5-8-14-6-2-7-15(17,11-14)10-9-14;;/h2*1,3-4H,2,6-7,9-11,17H2;2*1H4/t2*14-,15+;;/m10../s1. The lowest BCUT2D eigenvalue weighted by Crippen LogP contribution is -2.40. The smallest absolute Gasteiger partial charge is 0.214 e. The molecule has 4 fully saturated rings. The predicted molar refractivity (Wildman–Crippen MR) is 150 cm³/mol. The van der Waals surface area contributed by atoms with Crippen LogP contribution in [0.15, 0.2) is 36.4 Å². The predicted octanol–water partition coefficient (Wildman–Crippen LogP) is 6.52. The molecule has 38 heavy (non-hydrogen) atoms. The number of hydrogen-bond acceptors (Lipinski definition) is 4. The maximum absolute atomic E-state index is 13.0. The number of pyridine rings is 2. The molecule has 4 aliphatic rings. The second-order valence-corrected chi connectivity index (χ2v) is 11.5. The highest BCUT2D eigenvalue weighted by molar-refractivity contribution is 5.33. The Hall–Kier alpha value is -2.80. The summed E-state index contributed by atoms with van der Waals surface area (Å²) in [6, 6.07) is 9.47. The Kier molecular flexibility index (Phi) is 9.02. The molecule has 2 heterocycles. The third-order valence-electron chi connectivity index (χ3n) is 8.59. The molecule has 6 heteroatoms. The van der Waals surface area contributed by atoms with E-state index in [0.29, 0.717) is 11.4 Å². The van der Waals surface area contributed by atoms with Crippen LogP contribution in [0.1, 0.15) is 103 Å². The van der Waals surface area contributed by atoms with Crippen LogP contribution in [0.25, 0.3) is 0 Å². The summed E-state index contributed by atoms with van der Waals surface area (Å²) >= 11 is 0. The van der Waals surface area contributed by atoms with Crippen molar-refractivity contribution in [2.75, 3.05) is 0 Å². The zero-order chi connectivity index (χ0) is 25.3. The van der Waals surface area contributed by atoms with Gasteiger partial charge < -0.3 is 11.5 Å². The normalized spacial score (nSPS) is 32.1. The molecule has 0 aromatic carbocycles. The molecule has 6 rings (SSSR count). The zero-order valence-electron chi connectivity index (χ0n) is 20.8. The SMILES string of the molecule is C.C.N[C@@]12CCC[C@@](C#Cc3cccc(F)n3)(CC1)C2.N[C@]12CCC[C@](C#Cc3cccc(F)n3)(CC1)C2. The van der Waals surface area contributed by atoms with E-state index in [0.717, 1.165) is 77.0 Å². The fourth-order valence-corrected chi connectivity index (χ4v) is 6.78. The number of nitrogens with zero attached hydrogens (tertiary/aromatic N) is 2. The first-order valence-corrected chi connectivity index (χ1v) is 13.1. The molecular formula is C32H42F2N4. The summed E-state index contributed by atoms with van der Waals surface area (Å²) in [7, 11) is 0. The van der Waals surface area contributed by atoms with Crippen molar-refractivity contribution in [3.63, 3.8) is 0 Å². The molecule has 0 spiro atoms. The van der Waals surface area contributed by atoms with Crippen LogP contribution >= 0.6 is 0 Å². The van der Waals surface area contributed by atoms with Crippen LogP contribution in [0, 0.1) is 46.4 Å². The fourth-order valence-electron chi connectivity index (χ4n) is 6.78. The van der Waals surface area contributed by atoms with Crippen molar-refractivity contribution in [2.24, 2.45) is 22.3 Å². The Morgan fingerprint density at radius 3 is 1.42 bits per heavy atom. The summed E-state index contributed by atoms with van der Waals surface area (Å²) in [5, 5.41) is 0. The maximum Gasteiger partial charge on any atom is 0.214 e. The van der Waals surface area contributed by atoms with Gasteiger partial charge in [-0.2, -0.15) is 8.78 Å². The Balaban J connectivity index is 0.000000200. The second kappa shape index (κ2) is 11.5. The molecular weight excluding hydrogens is 478 g/mol. The van der Waals surface area contributed by atoms with Gasteiger partial charge in [-0.25, -0.2) is 9.97 Å². The number of aromatic nitrogens is 2. The molecule has 0 radical (unpaired) electrons. The topological polar surface area (TPSA) is 77.8 Å². The van der Waals surface area contributed by atoms with Gasteiger partial charge in [0.05, 0.1) is 0 Å². The lowest BCUT2D eigenvalue weighted by molar-refractivity contribution is 0.256. The molecule has 2 aromatic rings. The highest BCUT2D eigenvalue weighted by atomic mass is 19.1. The van der Waals surface area contributed by atoms with Crippen molar-refractivity contribution in [3.8, 4) is 23.7 Å². The number of halogens is 2. The first-order chi connectivity index (χ1) is 17.2. The van der Waals surface area contributed by atoms with Crippen LogP contribution in [0.3, 0.4) is 0 Å². The van der Waals surface area contributed by atoms with Gasteiger partial charge in [0, 0.05) is 21.9 Å². The Morgan fingerprint density at radius 2 is 1.03 bits per heavy atom. The number of fused-ring (bicyclic) bond motifs is 4. The molecule has 4 aliphatic carbocycles. The van der Waals surface area contributed by atoms with Crippen LogP contribution in [0.2, 0.25) is 0 Å². The van der Waals surface area contributed by atoms with Crippen molar-refractivity contribution in [2.45, 2.75) is 103 Å². The number of hydrogen-bond donors (Lipinski definition) is 2. The molecule has 4 atom stereocenters. The zero-order valence-corrected chi connectivity index (χ0v) is 20.8. The molecule has 0 unspecified atom stereocenters. The largest absolute Gasteiger partial charge is 0.325 e. The van der Waals surface area contributed by atoms with Gasteiger partial charge in [0.1, 0.15) is 11.4 Å². The highest BCUT2D eigenvalue weighted by Crippen LogP contribution is 2.53. The van der Waals surface area contributed by atoms with Gasteiger partial charge in [-0.15, -0.1) is 0 Å². The van der Waals surface area contributed by atoms with Crippen molar-refractivity contribution >= 4 is 0 Å². The number of rotatable bonds is 0. The van der Waals surface area contributed by atoms with Crippen molar-refractivity contribution < 1.29 is 8.78 Å². The van der Waals surface area contributed by atoms with E-state index in [9.17, 15) is 8.78 Å². The minimum Gasteiger partial charge on any atom is -0.325 e. The van der Waals surface area contributed by atoms with Crippen LogP contribution in [0.5, 0.6) is 0 Å². The fraction of sp³-hybridized carbons (Fsp3) is 0.562. The summed E-state index contributed by atoms with van der Waals surface area (Å²) in [5.74, 6) is 11.8. The molecule has 204 valence electrons. The van der Waals surface area contributed by atoms with Gasteiger partial charge in [0.15, 0.2) is 0 Å². The quantitative estimate of drug-likeness (QED) is 0.306. The minimum atomic E-state index is -0.470. The molecule has 4 nitrogen and oxygen atoms in total. The minimum absolute atomic E-state index is 0. The lowest BCUT2D eigenvalue weighted by Gasteiger charge is -2.33. The van der Waals surface area contributed by atoms with Gasteiger partial charge in [0.2, 0.25) is 11.9 Å². The van der Waals surface area contributed by atoms with E-state index < -0.39 is 11.9 Å². The summed E-state index contributed by atoms with van der Waals surface area (Å²) in [6.45, 7) is 0. The first-order valence-electron chi connectivity index (χ1n) is 13.1. The third kappa shape index (κ3) is 6.79. The summed E-state index contributed by atoms with van der Waals surface area (Å²) in [6.07, 6.45) is 13.0. The molecule has 0 saturated heterocycles. The second-order valence-electron chi connectivity index (χ2n) is 11.5. The highest BCUT2D eigenvalue weighted by Gasteiger charge is 2.49. The molecule has 2 aromatic heterocycles. The van der Waals surface area contributed by atoms with Gasteiger partial charge in [-0.3, -0.25) is 0 Å². The average molecular weight is 521 g/mol. The van der Waals surface area contributed by atoms with E-state index in [2.05, 4.69) is 33.6 Å². The van der Waals surface area contributed by atoms with Gasteiger partial charge >= 0.3 is 0 Å². The average Bonchev–Trinajstić information content (AvgIpc) is 3.24. The summed E-state index contributed by atoms with van der Waals surface area (Å²) in [4.78, 5) is 7.56. The summed E-state index contributed by atoms with van der Waals surface area (Å²) < 4.78 is 26.0. The van der Waals surface area contributed by atoms with Crippen LogP contribution < -0.4 is 11.5 Å². The van der Waals surface area contributed by atoms with E-state index in [1.807, 2.05) is 0 Å².